The van der Waals surface area contributed by atoms with Gasteiger partial charge >= 0.3 is 0 Å². The van der Waals surface area contributed by atoms with Crippen molar-refractivity contribution in [3.8, 4) is 5.75 Å². The summed E-state index contributed by atoms with van der Waals surface area (Å²) in [6.45, 7) is 0.639. The Kier molecular flexibility index (Phi) is 8.57. The fourth-order valence-electron chi connectivity index (χ4n) is 3.94. The first kappa shape index (κ1) is 27.3. The molecule has 0 spiro atoms. The van der Waals surface area contributed by atoms with Crippen LogP contribution >= 0.6 is 0 Å². The molecule has 10 heteroatoms. The van der Waals surface area contributed by atoms with Gasteiger partial charge in [0, 0.05) is 26.2 Å². The number of para-hydroxylation sites is 1. The zero-order valence-electron chi connectivity index (χ0n) is 21.2. The molecule has 0 fully saturated rings. The van der Waals surface area contributed by atoms with Crippen molar-refractivity contribution in [1.29, 1.82) is 0 Å². The van der Waals surface area contributed by atoms with Crippen LogP contribution in [-0.4, -0.2) is 37.8 Å². The van der Waals surface area contributed by atoms with Gasteiger partial charge < -0.3 is 9.64 Å². The fraction of sp³-hybridized carbons (Fsp3) is 0.138. The molecule has 0 heterocycles. The Morgan fingerprint density at radius 1 is 0.795 bits per heavy atom. The van der Waals surface area contributed by atoms with Gasteiger partial charge in [0.25, 0.3) is 21.6 Å². The van der Waals surface area contributed by atoms with Gasteiger partial charge in [0.1, 0.15) is 5.75 Å². The maximum Gasteiger partial charge on any atom is 0.289 e. The van der Waals surface area contributed by atoms with E-state index < -0.39 is 25.5 Å². The van der Waals surface area contributed by atoms with Crippen molar-refractivity contribution in [2.24, 2.45) is 0 Å². The number of nitro benzene ring substituents is 1. The van der Waals surface area contributed by atoms with E-state index in [2.05, 4.69) is 0 Å². The van der Waals surface area contributed by atoms with Crippen LogP contribution in [0.2, 0.25) is 0 Å². The van der Waals surface area contributed by atoms with Crippen molar-refractivity contribution < 1.29 is 22.9 Å². The van der Waals surface area contributed by atoms with E-state index in [0.29, 0.717) is 18.8 Å². The SMILES string of the molecule is CN(c1ccc(OCC(=O)N(Cc2ccccc2)Cc2ccccc2)cc1)S(=O)(=O)c1ccccc1[N+](=O)[O-]. The summed E-state index contributed by atoms with van der Waals surface area (Å²) in [5, 5.41) is 11.3. The van der Waals surface area contributed by atoms with Gasteiger partial charge in [0.2, 0.25) is 0 Å². The normalized spacial score (nSPS) is 11.0. The molecule has 4 rings (SSSR count). The highest BCUT2D eigenvalue weighted by molar-refractivity contribution is 7.93. The molecule has 0 aromatic heterocycles. The smallest absolute Gasteiger partial charge is 0.289 e. The Morgan fingerprint density at radius 3 is 1.85 bits per heavy atom. The molecule has 0 aliphatic heterocycles. The van der Waals surface area contributed by atoms with Gasteiger partial charge in [-0.1, -0.05) is 72.8 Å². The number of carbonyl (C=O) groups is 1. The topological polar surface area (TPSA) is 110 Å². The number of amides is 1. The average molecular weight is 546 g/mol. The molecule has 0 aliphatic carbocycles. The van der Waals surface area contributed by atoms with Crippen LogP contribution in [-0.2, 0) is 27.9 Å². The van der Waals surface area contributed by atoms with Crippen LogP contribution in [0.5, 0.6) is 5.75 Å². The van der Waals surface area contributed by atoms with Crippen LogP contribution in [0.1, 0.15) is 11.1 Å². The van der Waals surface area contributed by atoms with Crippen molar-refractivity contribution in [2.45, 2.75) is 18.0 Å². The Hall–Kier alpha value is -4.70. The first-order valence-electron chi connectivity index (χ1n) is 12.1. The Bertz CT molecular complexity index is 1490. The predicted molar refractivity (Wildman–Crippen MR) is 148 cm³/mol. The molecule has 9 nitrogen and oxygen atoms in total. The summed E-state index contributed by atoms with van der Waals surface area (Å²) >= 11 is 0. The lowest BCUT2D eigenvalue weighted by Crippen LogP contribution is -2.34. The second-order valence-corrected chi connectivity index (χ2v) is 10.6. The quantitative estimate of drug-likeness (QED) is 0.193. The summed E-state index contributed by atoms with van der Waals surface area (Å²) < 4.78 is 32.8. The van der Waals surface area contributed by atoms with Gasteiger partial charge in [0.05, 0.1) is 10.6 Å². The fourth-order valence-corrected chi connectivity index (χ4v) is 5.29. The lowest BCUT2D eigenvalue weighted by Gasteiger charge is -2.23. The second kappa shape index (κ2) is 12.2. The number of benzene rings is 4. The summed E-state index contributed by atoms with van der Waals surface area (Å²) in [6.07, 6.45) is 0. The molecule has 0 saturated heterocycles. The minimum atomic E-state index is -4.19. The van der Waals surface area contributed by atoms with E-state index in [0.717, 1.165) is 21.5 Å². The van der Waals surface area contributed by atoms with Gasteiger partial charge in [-0.3, -0.25) is 19.2 Å². The van der Waals surface area contributed by atoms with Crippen molar-refractivity contribution in [3.63, 3.8) is 0 Å². The molecule has 0 unspecified atom stereocenters. The number of carbonyl (C=O) groups excluding carboxylic acids is 1. The first-order valence-corrected chi connectivity index (χ1v) is 13.5. The van der Waals surface area contributed by atoms with E-state index in [4.69, 9.17) is 4.74 Å². The van der Waals surface area contributed by atoms with Gasteiger partial charge in [-0.2, -0.15) is 0 Å². The van der Waals surface area contributed by atoms with E-state index in [9.17, 15) is 23.3 Å². The van der Waals surface area contributed by atoms with Crippen LogP contribution < -0.4 is 9.04 Å². The Morgan fingerprint density at radius 2 is 1.31 bits per heavy atom. The summed E-state index contributed by atoms with van der Waals surface area (Å²) in [5.41, 5.74) is 1.77. The highest BCUT2D eigenvalue weighted by Gasteiger charge is 2.29. The van der Waals surface area contributed by atoms with Crippen molar-refractivity contribution in [3.05, 3.63) is 130 Å². The molecule has 0 saturated carbocycles. The summed E-state index contributed by atoms with van der Waals surface area (Å²) in [7, 11) is -2.87. The number of ether oxygens (including phenoxy) is 1. The third kappa shape index (κ3) is 6.79. The van der Waals surface area contributed by atoms with Gasteiger partial charge in [0.15, 0.2) is 11.5 Å². The number of hydrogen-bond acceptors (Lipinski definition) is 6. The molecule has 0 aliphatic rings. The second-order valence-electron chi connectivity index (χ2n) is 8.70. The molecular weight excluding hydrogens is 518 g/mol. The third-order valence-corrected chi connectivity index (χ3v) is 7.88. The van der Waals surface area contributed by atoms with E-state index in [1.165, 1.54) is 37.4 Å². The minimum absolute atomic E-state index is 0.205. The lowest BCUT2D eigenvalue weighted by atomic mass is 10.1. The van der Waals surface area contributed by atoms with E-state index in [1.54, 1.807) is 17.0 Å². The Labute approximate surface area is 227 Å². The first-order chi connectivity index (χ1) is 18.8. The van der Waals surface area contributed by atoms with Crippen LogP contribution in [0, 0.1) is 10.1 Å². The number of hydrogen-bond donors (Lipinski definition) is 0. The molecule has 0 radical (unpaired) electrons. The summed E-state index contributed by atoms with van der Waals surface area (Å²) in [5.74, 6) is 0.172. The largest absolute Gasteiger partial charge is 0.484 e. The molecule has 0 bridgehead atoms. The molecule has 1 amide bonds. The highest BCUT2D eigenvalue weighted by Crippen LogP contribution is 2.29. The molecule has 0 atom stereocenters. The van der Waals surface area contributed by atoms with Gasteiger partial charge in [-0.05, 0) is 41.5 Å². The monoisotopic (exact) mass is 545 g/mol. The van der Waals surface area contributed by atoms with Crippen LogP contribution in [0.4, 0.5) is 11.4 Å². The zero-order chi connectivity index (χ0) is 27.8. The van der Waals surface area contributed by atoms with Crippen LogP contribution in [0.15, 0.2) is 114 Å². The molecule has 4 aromatic rings. The molecule has 4 aromatic carbocycles. The maximum atomic E-state index is 13.1. The van der Waals surface area contributed by atoms with Crippen molar-refractivity contribution in [1.82, 2.24) is 4.90 Å². The molecule has 39 heavy (non-hydrogen) atoms. The highest BCUT2D eigenvalue weighted by atomic mass is 32.2. The lowest BCUT2D eigenvalue weighted by molar-refractivity contribution is -0.387. The summed E-state index contributed by atoms with van der Waals surface area (Å²) in [6, 6.07) is 30.7. The van der Waals surface area contributed by atoms with E-state index in [1.807, 2.05) is 60.7 Å². The number of nitrogens with zero attached hydrogens (tertiary/aromatic N) is 3. The van der Waals surface area contributed by atoms with Gasteiger partial charge in [-0.25, -0.2) is 8.42 Å². The zero-order valence-corrected chi connectivity index (χ0v) is 22.0. The number of anilines is 1. The third-order valence-electron chi connectivity index (χ3n) is 6.05. The average Bonchev–Trinajstić information content (AvgIpc) is 2.96. The maximum absolute atomic E-state index is 13.1. The molecule has 200 valence electrons. The number of nitro groups is 1. The molecular formula is C29H27N3O6S. The van der Waals surface area contributed by atoms with Crippen molar-refractivity contribution >= 4 is 27.3 Å². The summed E-state index contributed by atoms with van der Waals surface area (Å²) in [4.78, 5) is 25.0. The van der Waals surface area contributed by atoms with Crippen LogP contribution in [0.25, 0.3) is 0 Å². The minimum Gasteiger partial charge on any atom is -0.484 e. The number of sulfonamides is 1. The predicted octanol–water partition coefficient (Wildman–Crippen LogP) is 5.03. The van der Waals surface area contributed by atoms with Crippen molar-refractivity contribution in [2.75, 3.05) is 18.0 Å². The number of rotatable bonds is 11. The Balaban J connectivity index is 1.44. The van der Waals surface area contributed by atoms with Gasteiger partial charge in [-0.15, -0.1) is 0 Å². The van der Waals surface area contributed by atoms with Crippen LogP contribution in [0.3, 0.4) is 0 Å². The standard InChI is InChI=1S/C29H27N3O6S/c1-30(39(36,37)28-15-9-8-14-27(28)32(34)35)25-16-18-26(19-17-25)38-22-29(33)31(20-23-10-4-2-5-11-23)21-24-12-6-3-7-13-24/h2-19H,20-22H2,1H3. The molecule has 0 N–H and O–H groups in total. The van der Waals surface area contributed by atoms with E-state index >= 15 is 0 Å². The van der Waals surface area contributed by atoms with E-state index in [-0.39, 0.29) is 18.2 Å².